The summed E-state index contributed by atoms with van der Waals surface area (Å²) in [7, 11) is 0. The Bertz CT molecular complexity index is 362. The van der Waals surface area contributed by atoms with E-state index < -0.39 is 5.60 Å². The summed E-state index contributed by atoms with van der Waals surface area (Å²) in [6.07, 6.45) is 1.28. The largest absolute Gasteiger partial charge is 0.388 e. The van der Waals surface area contributed by atoms with Crippen molar-refractivity contribution in [2.75, 3.05) is 24.5 Å². The van der Waals surface area contributed by atoms with Crippen molar-refractivity contribution < 1.29 is 9.50 Å². The summed E-state index contributed by atoms with van der Waals surface area (Å²) in [4.78, 5) is 2.08. The minimum atomic E-state index is -0.732. The number of hydrogen-bond donors (Lipinski definition) is 2. The molecule has 1 aliphatic heterocycles. The lowest BCUT2D eigenvalue weighted by molar-refractivity contribution is 0.0250. The quantitative estimate of drug-likeness (QED) is 0.791. The molecule has 1 aromatic carbocycles. The Labute approximate surface area is 94.7 Å². The first kappa shape index (κ1) is 11.4. The van der Waals surface area contributed by atoms with Gasteiger partial charge in [-0.3, -0.25) is 0 Å². The molecule has 0 atom stereocenters. The van der Waals surface area contributed by atoms with Crippen LogP contribution in [0.4, 0.5) is 10.1 Å². The van der Waals surface area contributed by atoms with E-state index in [1.165, 1.54) is 12.1 Å². The molecule has 0 spiro atoms. The van der Waals surface area contributed by atoms with Crippen LogP contribution in [0.1, 0.15) is 12.8 Å². The molecule has 2 rings (SSSR count). The number of nitrogens with two attached hydrogens (primary N) is 1. The van der Waals surface area contributed by atoms with Gasteiger partial charge in [0.25, 0.3) is 0 Å². The highest BCUT2D eigenvalue weighted by molar-refractivity contribution is 5.46. The maximum absolute atomic E-state index is 13.0. The molecule has 3 nitrogen and oxygen atoms in total. The number of hydrogen-bond acceptors (Lipinski definition) is 3. The summed E-state index contributed by atoms with van der Waals surface area (Å²) in [6.45, 7) is 1.73. The normalized spacial score (nSPS) is 19.8. The fourth-order valence-electron chi connectivity index (χ4n) is 2.06. The van der Waals surface area contributed by atoms with Gasteiger partial charge in [0.15, 0.2) is 0 Å². The van der Waals surface area contributed by atoms with Crippen LogP contribution in [0.3, 0.4) is 0 Å². The first-order chi connectivity index (χ1) is 7.63. The van der Waals surface area contributed by atoms with Crippen molar-refractivity contribution in [3.05, 3.63) is 30.1 Å². The molecule has 0 aromatic heterocycles. The highest BCUT2D eigenvalue weighted by Gasteiger charge is 2.30. The molecule has 1 aliphatic rings. The Morgan fingerprint density at radius 2 is 2.06 bits per heavy atom. The summed E-state index contributed by atoms with van der Waals surface area (Å²) in [6, 6.07) is 6.54. The van der Waals surface area contributed by atoms with Crippen molar-refractivity contribution in [1.82, 2.24) is 0 Å². The number of nitrogens with zero attached hydrogens (tertiary/aromatic N) is 1. The van der Waals surface area contributed by atoms with E-state index in [0.717, 1.165) is 18.8 Å². The molecule has 0 radical (unpaired) electrons. The van der Waals surface area contributed by atoms with E-state index in [-0.39, 0.29) is 5.82 Å². The van der Waals surface area contributed by atoms with Gasteiger partial charge in [-0.25, -0.2) is 4.39 Å². The lowest BCUT2D eigenvalue weighted by Gasteiger charge is -2.38. The van der Waals surface area contributed by atoms with Crippen LogP contribution >= 0.6 is 0 Å². The smallest absolute Gasteiger partial charge is 0.125 e. The minimum absolute atomic E-state index is 0.225. The zero-order valence-corrected chi connectivity index (χ0v) is 9.19. The second-order valence-electron chi connectivity index (χ2n) is 4.40. The molecule has 88 valence electrons. The summed E-state index contributed by atoms with van der Waals surface area (Å²) in [5, 5.41) is 9.97. The molecule has 1 fully saturated rings. The van der Waals surface area contributed by atoms with E-state index in [2.05, 4.69) is 4.90 Å². The summed E-state index contributed by atoms with van der Waals surface area (Å²) in [5.74, 6) is -0.225. The average molecular weight is 224 g/mol. The van der Waals surface area contributed by atoms with Gasteiger partial charge in [0.1, 0.15) is 5.82 Å². The molecule has 1 saturated heterocycles. The van der Waals surface area contributed by atoms with Gasteiger partial charge in [-0.1, -0.05) is 6.07 Å². The Balaban J connectivity index is 2.04. The molecule has 16 heavy (non-hydrogen) atoms. The van der Waals surface area contributed by atoms with E-state index in [9.17, 15) is 9.50 Å². The second-order valence-corrected chi connectivity index (χ2v) is 4.40. The fraction of sp³-hybridized carbons (Fsp3) is 0.500. The van der Waals surface area contributed by atoms with Gasteiger partial charge < -0.3 is 15.7 Å². The van der Waals surface area contributed by atoms with Gasteiger partial charge in [0.05, 0.1) is 5.60 Å². The third-order valence-electron chi connectivity index (χ3n) is 3.25. The van der Waals surface area contributed by atoms with Crippen LogP contribution in [-0.4, -0.2) is 30.3 Å². The standard InChI is InChI=1S/C12H17FN2O/c13-10-2-1-3-11(8-10)15-6-4-12(16,9-14)5-7-15/h1-3,8,16H,4-7,9,14H2. The Kier molecular flexibility index (Phi) is 3.12. The van der Waals surface area contributed by atoms with Crippen LogP contribution in [-0.2, 0) is 0 Å². The maximum Gasteiger partial charge on any atom is 0.125 e. The number of rotatable bonds is 2. The van der Waals surface area contributed by atoms with Crippen LogP contribution in [0.5, 0.6) is 0 Å². The minimum Gasteiger partial charge on any atom is -0.388 e. The van der Waals surface area contributed by atoms with Gasteiger partial charge >= 0.3 is 0 Å². The van der Waals surface area contributed by atoms with E-state index >= 15 is 0 Å². The molecular weight excluding hydrogens is 207 g/mol. The van der Waals surface area contributed by atoms with Gasteiger partial charge in [0, 0.05) is 25.3 Å². The SMILES string of the molecule is NCC1(O)CCN(c2cccc(F)c2)CC1. The van der Waals surface area contributed by atoms with E-state index in [0.29, 0.717) is 19.4 Å². The summed E-state index contributed by atoms with van der Waals surface area (Å²) < 4.78 is 13.0. The van der Waals surface area contributed by atoms with E-state index in [1.807, 2.05) is 6.07 Å². The maximum atomic E-state index is 13.0. The molecule has 1 aromatic rings. The highest BCUT2D eigenvalue weighted by Crippen LogP contribution is 2.25. The van der Waals surface area contributed by atoms with Crippen molar-refractivity contribution in [2.24, 2.45) is 5.73 Å². The number of aliphatic hydroxyl groups is 1. The summed E-state index contributed by atoms with van der Waals surface area (Å²) >= 11 is 0. The van der Waals surface area contributed by atoms with Crippen LogP contribution in [0.2, 0.25) is 0 Å². The molecule has 0 amide bonds. The molecule has 0 bridgehead atoms. The van der Waals surface area contributed by atoms with Crippen molar-refractivity contribution in [3.8, 4) is 0 Å². The zero-order chi connectivity index (χ0) is 11.6. The van der Waals surface area contributed by atoms with E-state index in [1.54, 1.807) is 6.07 Å². The van der Waals surface area contributed by atoms with Gasteiger partial charge in [0.2, 0.25) is 0 Å². The first-order valence-electron chi connectivity index (χ1n) is 5.56. The molecule has 0 unspecified atom stereocenters. The van der Waals surface area contributed by atoms with E-state index in [4.69, 9.17) is 5.73 Å². The lowest BCUT2D eigenvalue weighted by atomic mass is 9.91. The average Bonchev–Trinajstić information content (AvgIpc) is 2.30. The third-order valence-corrected chi connectivity index (χ3v) is 3.25. The molecule has 0 saturated carbocycles. The topological polar surface area (TPSA) is 49.5 Å². The molecule has 4 heteroatoms. The zero-order valence-electron chi connectivity index (χ0n) is 9.19. The number of benzene rings is 1. The van der Waals surface area contributed by atoms with Crippen molar-refractivity contribution in [2.45, 2.75) is 18.4 Å². The number of piperidine rings is 1. The van der Waals surface area contributed by atoms with Crippen molar-refractivity contribution >= 4 is 5.69 Å². The predicted octanol–water partition coefficient (Wildman–Crippen LogP) is 1.12. The summed E-state index contributed by atoms with van der Waals surface area (Å²) in [5.41, 5.74) is 5.66. The Morgan fingerprint density at radius 1 is 1.38 bits per heavy atom. The monoisotopic (exact) mass is 224 g/mol. The van der Waals surface area contributed by atoms with Crippen LogP contribution in [0, 0.1) is 5.82 Å². The van der Waals surface area contributed by atoms with Gasteiger partial charge in [-0.15, -0.1) is 0 Å². The van der Waals surface area contributed by atoms with Gasteiger partial charge in [-0.05, 0) is 31.0 Å². The second kappa shape index (κ2) is 4.39. The third kappa shape index (κ3) is 2.33. The number of anilines is 1. The molecule has 1 heterocycles. The number of halogens is 1. The molecule has 0 aliphatic carbocycles. The van der Waals surface area contributed by atoms with Crippen molar-refractivity contribution in [3.63, 3.8) is 0 Å². The predicted molar refractivity (Wildman–Crippen MR) is 61.9 cm³/mol. The van der Waals surface area contributed by atoms with Gasteiger partial charge in [-0.2, -0.15) is 0 Å². The Morgan fingerprint density at radius 3 is 2.62 bits per heavy atom. The lowest BCUT2D eigenvalue weighted by Crippen LogP contribution is -2.48. The Hall–Kier alpha value is -1.13. The first-order valence-corrected chi connectivity index (χ1v) is 5.56. The van der Waals surface area contributed by atoms with Crippen LogP contribution < -0.4 is 10.6 Å². The van der Waals surface area contributed by atoms with Crippen LogP contribution in [0.15, 0.2) is 24.3 Å². The fourth-order valence-corrected chi connectivity index (χ4v) is 2.06. The highest BCUT2D eigenvalue weighted by atomic mass is 19.1. The van der Waals surface area contributed by atoms with Crippen LogP contribution in [0.25, 0.3) is 0 Å². The molecular formula is C12H17FN2O. The van der Waals surface area contributed by atoms with Crippen molar-refractivity contribution in [1.29, 1.82) is 0 Å². The molecule has 3 N–H and O–H groups in total.